The van der Waals surface area contributed by atoms with Crippen molar-refractivity contribution in [3.8, 4) is 0 Å². The van der Waals surface area contributed by atoms with Gasteiger partial charge < -0.3 is 10.4 Å². The first kappa shape index (κ1) is 15.8. The summed E-state index contributed by atoms with van der Waals surface area (Å²) in [6.07, 6.45) is -8.90. The van der Waals surface area contributed by atoms with Crippen LogP contribution in [0, 0.1) is 0 Å². The normalized spacial score (nSPS) is 13.2. The van der Waals surface area contributed by atoms with E-state index in [1.807, 2.05) is 0 Å². The van der Waals surface area contributed by atoms with Crippen LogP contribution in [0.15, 0.2) is 30.2 Å². The lowest BCUT2D eigenvalue weighted by atomic mass is 10.2. The van der Waals surface area contributed by atoms with Crippen molar-refractivity contribution in [1.82, 2.24) is 4.98 Å². The van der Waals surface area contributed by atoms with Crippen LogP contribution >= 0.6 is 0 Å². The predicted octanol–water partition coefficient (Wildman–Crippen LogP) is 3.04. The molecule has 0 atom stereocenters. The first-order chi connectivity index (χ1) is 9.00. The smallest absolute Gasteiger partial charge is 0.431 e. The van der Waals surface area contributed by atoms with Gasteiger partial charge in [0.2, 0.25) is 0 Å². The Balaban J connectivity index is 3.10. The van der Waals surface area contributed by atoms with Crippen LogP contribution < -0.4 is 5.32 Å². The number of alkyl halides is 6. The molecule has 0 saturated heterocycles. The number of aromatic nitrogens is 1. The van der Waals surface area contributed by atoms with Crippen molar-refractivity contribution < 1.29 is 36.2 Å². The highest BCUT2D eigenvalue weighted by molar-refractivity contribution is 5.81. The molecule has 0 amide bonds. The highest BCUT2D eigenvalue weighted by Crippen LogP contribution is 2.32. The quantitative estimate of drug-likeness (QED) is 0.665. The second-order valence-corrected chi connectivity index (χ2v) is 3.48. The molecular formula is C10H6F6N2O2. The fourth-order valence-electron chi connectivity index (χ4n) is 1.13. The molecule has 0 aromatic carbocycles. The Labute approximate surface area is 107 Å². The van der Waals surface area contributed by atoms with E-state index in [1.54, 1.807) is 5.32 Å². The molecule has 0 spiro atoms. The van der Waals surface area contributed by atoms with Gasteiger partial charge in [0.25, 0.3) is 0 Å². The zero-order chi connectivity index (χ0) is 15.6. The van der Waals surface area contributed by atoms with Crippen molar-refractivity contribution in [3.63, 3.8) is 0 Å². The van der Waals surface area contributed by atoms with Crippen LogP contribution in [0.5, 0.6) is 0 Å². The Kier molecular flexibility index (Phi) is 4.26. The number of rotatable bonds is 3. The number of pyridine rings is 1. The van der Waals surface area contributed by atoms with E-state index in [1.165, 1.54) is 0 Å². The summed E-state index contributed by atoms with van der Waals surface area (Å²) in [5.74, 6) is -1.90. The van der Waals surface area contributed by atoms with Crippen molar-refractivity contribution in [3.05, 3.63) is 35.8 Å². The van der Waals surface area contributed by atoms with E-state index < -0.39 is 35.3 Å². The summed E-state index contributed by atoms with van der Waals surface area (Å²) >= 11 is 0. The Morgan fingerprint density at radius 1 is 1.20 bits per heavy atom. The highest BCUT2D eigenvalue weighted by Gasteiger charge is 2.36. The second kappa shape index (κ2) is 5.39. The molecule has 1 aromatic rings. The van der Waals surface area contributed by atoms with Crippen molar-refractivity contribution in [2.24, 2.45) is 0 Å². The maximum Gasteiger partial charge on any atom is 0.431 e. The molecule has 4 nitrogen and oxygen atoms in total. The Morgan fingerprint density at radius 3 is 2.25 bits per heavy atom. The van der Waals surface area contributed by atoms with E-state index >= 15 is 0 Å². The molecule has 2 N–H and O–H groups in total. The van der Waals surface area contributed by atoms with Crippen LogP contribution in [0.25, 0.3) is 0 Å². The average molecular weight is 300 g/mol. The minimum absolute atomic E-state index is 0.194. The van der Waals surface area contributed by atoms with Crippen LogP contribution in [0.2, 0.25) is 0 Å². The first-order valence-corrected chi connectivity index (χ1v) is 4.81. The van der Waals surface area contributed by atoms with Gasteiger partial charge in [-0.3, -0.25) is 4.98 Å². The van der Waals surface area contributed by atoms with Crippen LogP contribution in [-0.4, -0.2) is 22.2 Å². The van der Waals surface area contributed by atoms with E-state index in [4.69, 9.17) is 5.11 Å². The number of carboxylic acid groups (broad SMARTS) is 1. The third kappa shape index (κ3) is 4.44. The van der Waals surface area contributed by atoms with Gasteiger partial charge in [0.15, 0.2) is 0 Å². The highest BCUT2D eigenvalue weighted by atomic mass is 19.4. The summed E-state index contributed by atoms with van der Waals surface area (Å²) in [5, 5.41) is 9.85. The lowest BCUT2D eigenvalue weighted by Crippen LogP contribution is -2.21. The molecule has 20 heavy (non-hydrogen) atoms. The van der Waals surface area contributed by atoms with E-state index in [0.717, 1.165) is 0 Å². The number of carbonyl (C=O) groups is 1. The number of carboxylic acids is 1. The maximum atomic E-state index is 12.5. The molecule has 0 fully saturated rings. The lowest BCUT2D eigenvalue weighted by Gasteiger charge is -2.14. The van der Waals surface area contributed by atoms with E-state index in [2.05, 4.69) is 4.98 Å². The summed E-state index contributed by atoms with van der Waals surface area (Å²) < 4.78 is 74.4. The van der Waals surface area contributed by atoms with Crippen molar-refractivity contribution >= 4 is 11.7 Å². The minimum atomic E-state index is -5.06. The SMILES string of the molecule is O=C(O)/C=C(\Nc1cncc(C(F)(F)F)c1)C(F)(F)F. The number of hydrogen-bond acceptors (Lipinski definition) is 3. The van der Waals surface area contributed by atoms with E-state index in [-0.39, 0.29) is 6.08 Å². The molecule has 1 heterocycles. The predicted molar refractivity (Wildman–Crippen MR) is 54.6 cm³/mol. The number of anilines is 1. The second-order valence-electron chi connectivity index (χ2n) is 3.48. The molecule has 0 radical (unpaired) electrons. The van der Waals surface area contributed by atoms with Crippen LogP contribution in [0.3, 0.4) is 0 Å². The summed E-state index contributed by atoms with van der Waals surface area (Å²) in [5.41, 5.74) is -3.62. The van der Waals surface area contributed by atoms with Gasteiger partial charge in [0.1, 0.15) is 5.70 Å². The topological polar surface area (TPSA) is 62.2 Å². The van der Waals surface area contributed by atoms with Crippen LogP contribution in [0.1, 0.15) is 5.56 Å². The maximum absolute atomic E-state index is 12.5. The van der Waals surface area contributed by atoms with Gasteiger partial charge in [-0.05, 0) is 6.07 Å². The van der Waals surface area contributed by atoms with Crippen LogP contribution in [0.4, 0.5) is 32.0 Å². The molecule has 0 saturated carbocycles. The number of halogens is 6. The molecule has 10 heteroatoms. The number of nitrogens with zero attached hydrogens (tertiary/aromatic N) is 1. The number of nitrogens with one attached hydrogen (secondary N) is 1. The lowest BCUT2D eigenvalue weighted by molar-refractivity contribution is -0.137. The van der Waals surface area contributed by atoms with Crippen molar-refractivity contribution in [1.29, 1.82) is 0 Å². The van der Waals surface area contributed by atoms with E-state index in [0.29, 0.717) is 18.5 Å². The summed E-state index contributed by atoms with van der Waals surface area (Å²) in [7, 11) is 0. The molecule has 0 aliphatic carbocycles. The third-order valence-corrected chi connectivity index (χ3v) is 1.92. The summed E-state index contributed by atoms with van der Waals surface area (Å²) in [4.78, 5) is 13.4. The summed E-state index contributed by atoms with van der Waals surface area (Å²) in [6.45, 7) is 0. The molecular weight excluding hydrogens is 294 g/mol. The molecule has 0 aliphatic heterocycles. The molecule has 0 unspecified atom stereocenters. The standard InChI is InChI=1S/C10H6F6N2O2/c11-9(12,13)5-1-6(4-17-3-5)18-7(2-8(19)20)10(14,15)16/h1-4,18H,(H,19,20)/b7-2-. The fraction of sp³-hybridized carbons (Fsp3) is 0.200. The Hall–Kier alpha value is -2.26. The number of aliphatic carboxylic acids is 1. The third-order valence-electron chi connectivity index (χ3n) is 1.92. The minimum Gasteiger partial charge on any atom is -0.478 e. The van der Waals surface area contributed by atoms with E-state index in [9.17, 15) is 31.1 Å². The van der Waals surface area contributed by atoms with Crippen LogP contribution in [-0.2, 0) is 11.0 Å². The molecule has 0 bridgehead atoms. The zero-order valence-electron chi connectivity index (χ0n) is 9.38. The molecule has 110 valence electrons. The van der Waals surface area contributed by atoms with Gasteiger partial charge in [-0.2, -0.15) is 26.3 Å². The largest absolute Gasteiger partial charge is 0.478 e. The Morgan fingerprint density at radius 2 is 1.80 bits per heavy atom. The van der Waals surface area contributed by atoms with Gasteiger partial charge in [0, 0.05) is 6.20 Å². The summed E-state index contributed by atoms with van der Waals surface area (Å²) in [6, 6.07) is 0.383. The van der Waals surface area contributed by atoms with Crippen molar-refractivity contribution in [2.75, 3.05) is 5.32 Å². The van der Waals surface area contributed by atoms with Gasteiger partial charge >= 0.3 is 18.3 Å². The van der Waals surface area contributed by atoms with Gasteiger partial charge in [-0.15, -0.1) is 0 Å². The van der Waals surface area contributed by atoms with Gasteiger partial charge in [0.05, 0.1) is 23.5 Å². The Bertz CT molecular complexity index is 535. The van der Waals surface area contributed by atoms with Crippen molar-refractivity contribution in [2.45, 2.75) is 12.4 Å². The van der Waals surface area contributed by atoms with Gasteiger partial charge in [-0.25, -0.2) is 4.79 Å². The average Bonchev–Trinajstić information content (AvgIpc) is 2.25. The molecule has 1 aromatic heterocycles. The monoisotopic (exact) mass is 300 g/mol. The number of allylic oxidation sites excluding steroid dienone is 1. The first-order valence-electron chi connectivity index (χ1n) is 4.81. The molecule has 1 rings (SSSR count). The number of hydrogen-bond donors (Lipinski definition) is 2. The molecule has 0 aliphatic rings. The fourth-order valence-corrected chi connectivity index (χ4v) is 1.13. The van der Waals surface area contributed by atoms with Gasteiger partial charge in [-0.1, -0.05) is 0 Å². The zero-order valence-corrected chi connectivity index (χ0v) is 9.38.